The molecule has 1 amide bonds. The van der Waals surface area contributed by atoms with Gasteiger partial charge in [-0.25, -0.2) is 4.99 Å². The number of nitriles is 1. The van der Waals surface area contributed by atoms with Crippen LogP contribution < -0.4 is 4.90 Å². The fraction of sp³-hybridized carbons (Fsp3) is 0.316. The van der Waals surface area contributed by atoms with Crippen molar-refractivity contribution >= 4 is 49.6 Å². The highest BCUT2D eigenvalue weighted by molar-refractivity contribution is 9.10. The molecule has 0 radical (unpaired) electrons. The van der Waals surface area contributed by atoms with Gasteiger partial charge in [0.2, 0.25) is 0 Å². The number of rotatable bonds is 2. The normalized spacial score (nSPS) is 17.6. The average molecular weight is 414 g/mol. The lowest BCUT2D eigenvalue weighted by Gasteiger charge is -2.13. The van der Waals surface area contributed by atoms with Crippen molar-refractivity contribution in [2.24, 2.45) is 4.99 Å². The maximum atomic E-state index is 12.9. The second-order valence-electron chi connectivity index (χ2n) is 6.17. The molecule has 0 unspecified atom stereocenters. The van der Waals surface area contributed by atoms with Crippen LogP contribution in [0.25, 0.3) is 0 Å². The number of carbonyl (C=O) groups excluding carboxylic acids is 1. The summed E-state index contributed by atoms with van der Waals surface area (Å²) in [5.74, 6) is -0.0918. The van der Waals surface area contributed by atoms with Crippen LogP contribution in [-0.4, -0.2) is 18.2 Å². The Kier molecular flexibility index (Phi) is 4.22. The molecule has 0 fully saturated rings. The first kappa shape index (κ1) is 16.5. The number of carbonyl (C=O) groups is 1. The van der Waals surface area contributed by atoms with Crippen LogP contribution in [-0.2, 0) is 17.6 Å². The minimum atomic E-state index is -0.0918. The molecule has 126 valence electrons. The maximum absolute atomic E-state index is 12.9. The van der Waals surface area contributed by atoms with Crippen LogP contribution in [0.4, 0.5) is 10.7 Å². The van der Waals surface area contributed by atoms with Gasteiger partial charge < -0.3 is 4.90 Å². The minimum Gasteiger partial charge on any atom is -0.307 e. The zero-order valence-electron chi connectivity index (χ0n) is 13.8. The number of anilines is 1. The zero-order chi connectivity index (χ0) is 17.6. The standard InChI is InChI=1S/C19H16BrN3OS/c1-2-23-15-8-7-11(20)9-13(15)17(19(23)24)22-18-14(10-21)12-5-3-4-6-16(12)25-18/h7-9H,2-6H2,1H3. The van der Waals surface area contributed by atoms with Gasteiger partial charge in [0, 0.05) is 21.5 Å². The topological polar surface area (TPSA) is 56.5 Å². The van der Waals surface area contributed by atoms with E-state index >= 15 is 0 Å². The second-order valence-corrected chi connectivity index (χ2v) is 8.17. The monoisotopic (exact) mass is 413 g/mol. The summed E-state index contributed by atoms with van der Waals surface area (Å²) in [5.41, 5.74) is 3.95. The number of aryl methyl sites for hydroxylation is 1. The Bertz CT molecular complexity index is 954. The first-order valence-corrected chi connectivity index (χ1v) is 10.00. The van der Waals surface area contributed by atoms with Gasteiger partial charge in [0.25, 0.3) is 5.91 Å². The summed E-state index contributed by atoms with van der Waals surface area (Å²) in [7, 11) is 0. The third-order valence-electron chi connectivity index (χ3n) is 4.75. The van der Waals surface area contributed by atoms with E-state index in [4.69, 9.17) is 4.99 Å². The van der Waals surface area contributed by atoms with Crippen LogP contribution in [0.15, 0.2) is 27.7 Å². The van der Waals surface area contributed by atoms with E-state index in [1.165, 1.54) is 4.88 Å². The lowest BCUT2D eigenvalue weighted by molar-refractivity contribution is -0.112. The molecule has 0 bridgehead atoms. The SMILES string of the molecule is CCN1C(=O)C(=Nc2sc3c(c2C#N)CCCC3)c2cc(Br)ccc21. The Morgan fingerprint density at radius 1 is 1.36 bits per heavy atom. The fourth-order valence-corrected chi connectivity index (χ4v) is 5.13. The summed E-state index contributed by atoms with van der Waals surface area (Å²) in [6.07, 6.45) is 4.23. The first-order valence-electron chi connectivity index (χ1n) is 8.39. The Morgan fingerprint density at radius 2 is 2.16 bits per heavy atom. The number of amides is 1. The predicted molar refractivity (Wildman–Crippen MR) is 104 cm³/mol. The number of fused-ring (bicyclic) bond motifs is 2. The summed E-state index contributed by atoms with van der Waals surface area (Å²) in [6, 6.07) is 8.13. The molecule has 4 nitrogen and oxygen atoms in total. The Hall–Kier alpha value is -1.97. The lowest BCUT2D eigenvalue weighted by Crippen LogP contribution is -2.29. The Labute approximate surface area is 158 Å². The van der Waals surface area contributed by atoms with Gasteiger partial charge in [0.05, 0.1) is 11.3 Å². The average Bonchev–Trinajstić information content (AvgIpc) is 3.10. The molecule has 0 saturated carbocycles. The van der Waals surface area contributed by atoms with Crippen molar-refractivity contribution in [2.75, 3.05) is 11.4 Å². The van der Waals surface area contributed by atoms with Crippen molar-refractivity contribution in [3.05, 3.63) is 44.2 Å². The van der Waals surface area contributed by atoms with Crippen molar-refractivity contribution in [3.8, 4) is 6.07 Å². The molecule has 2 heterocycles. The summed E-state index contributed by atoms with van der Waals surface area (Å²) >= 11 is 5.05. The predicted octanol–water partition coefficient (Wildman–Crippen LogP) is 4.75. The third-order valence-corrected chi connectivity index (χ3v) is 6.43. The lowest BCUT2D eigenvalue weighted by atomic mass is 9.96. The first-order chi connectivity index (χ1) is 12.1. The van der Waals surface area contributed by atoms with E-state index in [1.807, 2.05) is 25.1 Å². The van der Waals surface area contributed by atoms with Crippen molar-refractivity contribution < 1.29 is 4.79 Å². The molecule has 1 aromatic heterocycles. The van der Waals surface area contributed by atoms with Crippen LogP contribution in [0.2, 0.25) is 0 Å². The molecule has 2 aliphatic rings. The highest BCUT2D eigenvalue weighted by atomic mass is 79.9. The van der Waals surface area contributed by atoms with Gasteiger partial charge in [-0.1, -0.05) is 15.9 Å². The van der Waals surface area contributed by atoms with Crippen molar-refractivity contribution in [2.45, 2.75) is 32.6 Å². The number of thiophene rings is 1. The zero-order valence-corrected chi connectivity index (χ0v) is 16.2. The Balaban J connectivity index is 1.88. The molecular weight excluding hydrogens is 398 g/mol. The summed E-state index contributed by atoms with van der Waals surface area (Å²) in [6.45, 7) is 2.55. The van der Waals surface area contributed by atoms with E-state index in [1.54, 1.807) is 16.2 Å². The molecule has 1 aliphatic carbocycles. The summed E-state index contributed by atoms with van der Waals surface area (Å²) in [5, 5.41) is 10.3. The molecule has 2 aromatic rings. The van der Waals surface area contributed by atoms with E-state index in [9.17, 15) is 10.1 Å². The molecule has 0 N–H and O–H groups in total. The van der Waals surface area contributed by atoms with Gasteiger partial charge in [-0.3, -0.25) is 4.79 Å². The van der Waals surface area contributed by atoms with Gasteiger partial charge in [0.1, 0.15) is 16.8 Å². The number of hydrogen-bond donors (Lipinski definition) is 0. The van der Waals surface area contributed by atoms with Gasteiger partial charge in [-0.2, -0.15) is 5.26 Å². The van der Waals surface area contributed by atoms with E-state index in [0.717, 1.165) is 47.0 Å². The maximum Gasteiger partial charge on any atom is 0.277 e. The Morgan fingerprint density at radius 3 is 2.92 bits per heavy atom. The summed E-state index contributed by atoms with van der Waals surface area (Å²) < 4.78 is 0.913. The fourth-order valence-electron chi connectivity index (χ4n) is 3.55. The van der Waals surface area contributed by atoms with Gasteiger partial charge in [-0.05, 0) is 56.4 Å². The molecule has 1 aromatic carbocycles. The number of likely N-dealkylation sites (N-methyl/N-ethyl adjacent to an activating group) is 1. The van der Waals surface area contributed by atoms with Gasteiger partial charge in [-0.15, -0.1) is 11.3 Å². The molecule has 0 atom stereocenters. The second kappa shape index (κ2) is 6.40. The van der Waals surface area contributed by atoms with E-state index in [-0.39, 0.29) is 5.91 Å². The molecule has 1 aliphatic heterocycles. The van der Waals surface area contributed by atoms with Crippen LogP contribution in [0.5, 0.6) is 0 Å². The van der Waals surface area contributed by atoms with Crippen molar-refractivity contribution in [1.29, 1.82) is 5.26 Å². The van der Waals surface area contributed by atoms with Gasteiger partial charge in [0.15, 0.2) is 0 Å². The molecule has 0 saturated heterocycles. The quantitative estimate of drug-likeness (QED) is 0.712. The van der Waals surface area contributed by atoms with Crippen molar-refractivity contribution in [3.63, 3.8) is 0 Å². The number of aliphatic imine (C=N–C) groups is 1. The smallest absolute Gasteiger partial charge is 0.277 e. The molecular formula is C19H16BrN3OS. The summed E-state index contributed by atoms with van der Waals surface area (Å²) in [4.78, 5) is 20.5. The van der Waals surface area contributed by atoms with Gasteiger partial charge >= 0.3 is 0 Å². The molecule has 6 heteroatoms. The van der Waals surface area contributed by atoms with E-state index < -0.39 is 0 Å². The number of hydrogen-bond acceptors (Lipinski definition) is 4. The molecule has 4 rings (SSSR count). The van der Waals surface area contributed by atoms with Crippen LogP contribution in [0, 0.1) is 11.3 Å². The largest absolute Gasteiger partial charge is 0.307 e. The molecule has 0 spiro atoms. The number of benzene rings is 1. The van der Waals surface area contributed by atoms with E-state index in [2.05, 4.69) is 22.0 Å². The van der Waals surface area contributed by atoms with Crippen LogP contribution >= 0.6 is 27.3 Å². The number of nitrogens with zero attached hydrogens (tertiary/aromatic N) is 3. The van der Waals surface area contributed by atoms with Crippen molar-refractivity contribution in [1.82, 2.24) is 0 Å². The highest BCUT2D eigenvalue weighted by Crippen LogP contribution is 2.41. The van der Waals surface area contributed by atoms with E-state index in [0.29, 0.717) is 22.8 Å². The third kappa shape index (κ3) is 2.62. The van der Waals surface area contributed by atoms with Crippen LogP contribution in [0.1, 0.15) is 41.3 Å². The molecule has 25 heavy (non-hydrogen) atoms. The highest BCUT2D eigenvalue weighted by Gasteiger charge is 2.34. The number of halogens is 1. The van der Waals surface area contributed by atoms with Crippen LogP contribution in [0.3, 0.4) is 0 Å². The minimum absolute atomic E-state index is 0.0918.